The summed E-state index contributed by atoms with van der Waals surface area (Å²) in [5.41, 5.74) is 5.27. The molecule has 0 heterocycles. The van der Waals surface area contributed by atoms with Crippen molar-refractivity contribution in [3.05, 3.63) is 46.2 Å². The molecule has 0 aliphatic carbocycles. The molecule has 0 amide bonds. The van der Waals surface area contributed by atoms with Crippen LogP contribution in [0.25, 0.3) is 0 Å². The largest absolute Gasteiger partial charge is 0.498 e. The third kappa shape index (κ3) is 9.66. The molecule has 0 radical (unpaired) electrons. The van der Waals surface area contributed by atoms with Gasteiger partial charge in [0.1, 0.15) is 0 Å². The lowest BCUT2D eigenvalue weighted by Gasteiger charge is -2.09. The minimum Gasteiger partial charge on any atom is -0.498 e. The first-order valence-corrected chi connectivity index (χ1v) is 7.83. The van der Waals surface area contributed by atoms with E-state index in [1.54, 1.807) is 0 Å². The lowest BCUT2D eigenvalue weighted by atomic mass is 10.1. The van der Waals surface area contributed by atoms with Gasteiger partial charge in [0, 0.05) is 6.42 Å². The molecule has 116 valence electrons. The van der Waals surface area contributed by atoms with Gasteiger partial charge in [-0.25, -0.2) is 0 Å². The van der Waals surface area contributed by atoms with Crippen molar-refractivity contribution in [1.82, 2.24) is 0 Å². The van der Waals surface area contributed by atoms with Gasteiger partial charge in [-0.15, -0.1) is 0 Å². The predicted octanol–water partition coefficient (Wildman–Crippen LogP) is 6.23. The van der Waals surface area contributed by atoms with Gasteiger partial charge in [-0.05, 0) is 45.8 Å². The molecular formula is C19H34O. The van der Waals surface area contributed by atoms with Crippen LogP contribution < -0.4 is 0 Å². The third-order valence-corrected chi connectivity index (χ3v) is 2.69. The van der Waals surface area contributed by atoms with E-state index < -0.39 is 0 Å². The van der Waals surface area contributed by atoms with Crippen LogP contribution in [0.3, 0.4) is 0 Å². The Morgan fingerprint density at radius 3 is 1.70 bits per heavy atom. The van der Waals surface area contributed by atoms with Crippen molar-refractivity contribution >= 4 is 0 Å². The fourth-order valence-corrected chi connectivity index (χ4v) is 1.68. The lowest BCUT2D eigenvalue weighted by molar-refractivity contribution is 0.214. The van der Waals surface area contributed by atoms with Crippen molar-refractivity contribution in [1.29, 1.82) is 0 Å². The molecule has 0 N–H and O–H groups in total. The monoisotopic (exact) mass is 278 g/mol. The Balaban J connectivity index is 0. The average Bonchev–Trinajstić information content (AvgIpc) is 2.42. The van der Waals surface area contributed by atoms with Gasteiger partial charge < -0.3 is 4.74 Å². The molecule has 0 aliphatic heterocycles. The van der Waals surface area contributed by atoms with Gasteiger partial charge in [0.05, 0.1) is 12.4 Å². The third-order valence-electron chi connectivity index (χ3n) is 2.69. The maximum Gasteiger partial charge on any atom is 0.0917 e. The molecule has 0 bridgehead atoms. The molecule has 0 fully saturated rings. The zero-order valence-corrected chi connectivity index (χ0v) is 15.1. The van der Waals surface area contributed by atoms with E-state index in [1.165, 1.54) is 22.3 Å². The first-order valence-electron chi connectivity index (χ1n) is 7.83. The first-order chi connectivity index (χ1) is 9.49. The maximum absolute atomic E-state index is 5.67. The molecule has 0 atom stereocenters. The molecule has 1 aromatic carbocycles. The normalized spacial score (nSPS) is 8.65. The summed E-state index contributed by atoms with van der Waals surface area (Å²) >= 11 is 0. The second-order valence-electron chi connectivity index (χ2n) is 4.65. The van der Waals surface area contributed by atoms with Gasteiger partial charge in [-0.1, -0.05) is 57.0 Å². The van der Waals surface area contributed by atoms with Gasteiger partial charge >= 0.3 is 0 Å². The Morgan fingerprint density at radius 1 is 0.850 bits per heavy atom. The molecule has 1 nitrogen and oxygen atoms in total. The van der Waals surface area contributed by atoms with Crippen molar-refractivity contribution < 1.29 is 4.74 Å². The zero-order chi connectivity index (χ0) is 16.1. The molecule has 0 aromatic heterocycles. The predicted molar refractivity (Wildman–Crippen MR) is 92.3 cm³/mol. The molecule has 0 spiro atoms. The van der Waals surface area contributed by atoms with Gasteiger partial charge in [0.15, 0.2) is 0 Å². The van der Waals surface area contributed by atoms with E-state index in [9.17, 15) is 0 Å². The summed E-state index contributed by atoms with van der Waals surface area (Å²) in [6.07, 6.45) is 0.979. The highest BCUT2D eigenvalue weighted by molar-refractivity contribution is 5.28. The average molecular weight is 278 g/mol. The van der Waals surface area contributed by atoms with Gasteiger partial charge in [0.25, 0.3) is 0 Å². The molecule has 0 saturated carbocycles. The van der Waals surface area contributed by atoms with Gasteiger partial charge in [-0.2, -0.15) is 0 Å². The summed E-state index contributed by atoms with van der Waals surface area (Å²) in [6, 6.07) is 6.66. The Hall–Kier alpha value is -1.24. The minimum absolute atomic E-state index is 0.764. The van der Waals surface area contributed by atoms with Crippen LogP contribution in [0.5, 0.6) is 0 Å². The van der Waals surface area contributed by atoms with Crippen molar-refractivity contribution in [2.24, 2.45) is 0 Å². The van der Waals surface area contributed by atoms with E-state index in [4.69, 9.17) is 4.74 Å². The molecule has 1 aromatic rings. The highest BCUT2D eigenvalue weighted by atomic mass is 16.5. The van der Waals surface area contributed by atoms with E-state index in [0.717, 1.165) is 18.8 Å². The Labute approximate surface area is 127 Å². The summed E-state index contributed by atoms with van der Waals surface area (Å²) in [5.74, 6) is 1.05. The van der Waals surface area contributed by atoms with E-state index in [0.29, 0.717) is 0 Å². The number of benzene rings is 1. The molecule has 0 aliphatic rings. The highest BCUT2D eigenvalue weighted by Crippen LogP contribution is 2.11. The Kier molecular flexibility index (Phi) is 13.5. The van der Waals surface area contributed by atoms with Crippen LogP contribution in [0.4, 0.5) is 0 Å². The van der Waals surface area contributed by atoms with Crippen molar-refractivity contribution in [2.45, 2.75) is 68.7 Å². The molecule has 0 unspecified atom stereocenters. The highest BCUT2D eigenvalue weighted by Gasteiger charge is 1.98. The number of allylic oxidation sites excluding steroid dienone is 2. The smallest absolute Gasteiger partial charge is 0.0917 e. The summed E-state index contributed by atoms with van der Waals surface area (Å²) < 4.78 is 5.67. The zero-order valence-electron chi connectivity index (χ0n) is 15.1. The lowest BCUT2D eigenvalue weighted by Crippen LogP contribution is -1.99. The van der Waals surface area contributed by atoms with Crippen LogP contribution in [0.2, 0.25) is 0 Å². The Morgan fingerprint density at radius 2 is 1.30 bits per heavy atom. The van der Waals surface area contributed by atoms with Crippen LogP contribution in [-0.2, 0) is 11.2 Å². The van der Waals surface area contributed by atoms with E-state index in [2.05, 4.69) is 45.9 Å². The molecule has 0 saturated heterocycles. The first kappa shape index (κ1) is 21.1. The van der Waals surface area contributed by atoms with Crippen molar-refractivity contribution in [2.75, 3.05) is 6.61 Å². The van der Waals surface area contributed by atoms with E-state index in [1.807, 2.05) is 34.6 Å². The van der Waals surface area contributed by atoms with Gasteiger partial charge in [-0.3, -0.25) is 0 Å². The standard InChI is InChI=1S/C15H22O.2C2H6/c1-11(2)14(5)16-7-6-15-9-12(3)8-13(4)10-15;2*1-2/h8-10H,6-7H2,1-5H3;2*1-2H3. The van der Waals surface area contributed by atoms with Crippen LogP contribution in [0.1, 0.15) is 65.2 Å². The SMILES string of the molecule is CC.CC.CC(C)=C(C)OCCc1cc(C)cc(C)c1. The number of hydrogen-bond donors (Lipinski definition) is 0. The number of aryl methyl sites for hydroxylation is 2. The summed E-state index contributed by atoms with van der Waals surface area (Å²) in [4.78, 5) is 0. The minimum atomic E-state index is 0.764. The molecular weight excluding hydrogens is 244 g/mol. The summed E-state index contributed by atoms with van der Waals surface area (Å²) in [7, 11) is 0. The van der Waals surface area contributed by atoms with Crippen molar-refractivity contribution in [3.63, 3.8) is 0 Å². The number of hydrogen-bond acceptors (Lipinski definition) is 1. The van der Waals surface area contributed by atoms with E-state index >= 15 is 0 Å². The molecule has 1 rings (SSSR count). The molecule has 1 heteroatoms. The van der Waals surface area contributed by atoms with Crippen LogP contribution in [0.15, 0.2) is 29.5 Å². The van der Waals surface area contributed by atoms with Crippen molar-refractivity contribution in [3.8, 4) is 0 Å². The summed E-state index contributed by atoms with van der Waals surface area (Å²) in [6.45, 7) is 19.2. The fraction of sp³-hybridized carbons (Fsp3) is 0.579. The second-order valence-corrected chi connectivity index (χ2v) is 4.65. The van der Waals surface area contributed by atoms with Crippen LogP contribution in [-0.4, -0.2) is 6.61 Å². The molecule has 20 heavy (non-hydrogen) atoms. The van der Waals surface area contributed by atoms with Gasteiger partial charge in [0.2, 0.25) is 0 Å². The quantitative estimate of drug-likeness (QED) is 0.593. The number of rotatable bonds is 4. The maximum atomic E-state index is 5.67. The van der Waals surface area contributed by atoms with Crippen LogP contribution in [0, 0.1) is 13.8 Å². The Bertz CT molecular complexity index is 365. The fourth-order valence-electron chi connectivity index (χ4n) is 1.68. The number of ether oxygens (including phenoxy) is 1. The van der Waals surface area contributed by atoms with Crippen LogP contribution >= 0.6 is 0 Å². The topological polar surface area (TPSA) is 9.23 Å². The second kappa shape index (κ2) is 12.8. The van der Waals surface area contributed by atoms with E-state index in [-0.39, 0.29) is 0 Å². The summed E-state index contributed by atoms with van der Waals surface area (Å²) in [5, 5.41) is 0.